The molecule has 2 rings (SSSR count). The second-order valence-electron chi connectivity index (χ2n) is 4.24. The number of carbonyl (C=O) groups is 1. The fourth-order valence-corrected chi connectivity index (χ4v) is 2.04. The molecule has 0 unspecified atom stereocenters. The number of ether oxygens (including phenoxy) is 1. The van der Waals surface area contributed by atoms with Gasteiger partial charge in [-0.05, 0) is 49.2 Å². The summed E-state index contributed by atoms with van der Waals surface area (Å²) >= 11 is 3.47. The van der Waals surface area contributed by atoms with Crippen molar-refractivity contribution in [1.82, 2.24) is 0 Å². The summed E-state index contributed by atoms with van der Waals surface area (Å²) in [6, 6.07) is 7.97. The van der Waals surface area contributed by atoms with Gasteiger partial charge < -0.3 is 4.74 Å². The van der Waals surface area contributed by atoms with E-state index in [9.17, 15) is 9.18 Å². The maximum absolute atomic E-state index is 13.5. The first kappa shape index (κ1) is 13.7. The highest BCUT2D eigenvalue weighted by molar-refractivity contribution is 9.10. The van der Waals surface area contributed by atoms with Crippen molar-refractivity contribution in [1.29, 1.82) is 0 Å². The number of hydrogen-bond donors (Lipinski definition) is 0. The van der Waals surface area contributed by atoms with Crippen LogP contribution in [-0.2, 0) is 0 Å². The van der Waals surface area contributed by atoms with E-state index in [0.29, 0.717) is 12.0 Å². The van der Waals surface area contributed by atoms with E-state index < -0.39 is 5.82 Å². The van der Waals surface area contributed by atoms with E-state index in [2.05, 4.69) is 15.9 Å². The normalized spacial score (nSPS) is 10.3. The summed E-state index contributed by atoms with van der Waals surface area (Å²) in [7, 11) is 0. The van der Waals surface area contributed by atoms with Crippen LogP contribution in [0.2, 0.25) is 0 Å². The molecule has 0 aliphatic carbocycles. The molecule has 0 spiro atoms. The Hall–Kier alpha value is -1.68. The summed E-state index contributed by atoms with van der Waals surface area (Å²) in [6.07, 6.45) is 0.462. The molecular weight excluding hydrogens is 311 g/mol. The van der Waals surface area contributed by atoms with E-state index in [-0.39, 0.29) is 11.3 Å². The van der Waals surface area contributed by atoms with Crippen molar-refractivity contribution in [3.63, 3.8) is 0 Å². The molecule has 0 aromatic heterocycles. The van der Waals surface area contributed by atoms with Gasteiger partial charge in [-0.1, -0.05) is 22.0 Å². The smallest absolute Gasteiger partial charge is 0.156 e. The standard InChI is InChI=1S/C15H12BrFO2/c1-9-6-11(7-10(2)15(9)16)19-14-5-3-4-13(17)12(14)8-18/h3-8H,1-2H3. The van der Waals surface area contributed by atoms with E-state index in [1.807, 2.05) is 26.0 Å². The minimum atomic E-state index is -0.585. The van der Waals surface area contributed by atoms with Crippen LogP contribution < -0.4 is 4.74 Å². The van der Waals surface area contributed by atoms with Crippen molar-refractivity contribution >= 4 is 22.2 Å². The second-order valence-corrected chi connectivity index (χ2v) is 5.04. The number of rotatable bonds is 3. The Morgan fingerprint density at radius 3 is 2.42 bits per heavy atom. The Morgan fingerprint density at radius 2 is 1.84 bits per heavy atom. The topological polar surface area (TPSA) is 26.3 Å². The van der Waals surface area contributed by atoms with Gasteiger partial charge in [-0.25, -0.2) is 4.39 Å². The molecule has 0 fully saturated rings. The van der Waals surface area contributed by atoms with Crippen molar-refractivity contribution in [3.05, 3.63) is 57.3 Å². The third-order valence-electron chi connectivity index (χ3n) is 2.77. The molecule has 0 atom stereocenters. The molecule has 98 valence electrons. The van der Waals surface area contributed by atoms with Crippen molar-refractivity contribution in [3.8, 4) is 11.5 Å². The molecule has 2 nitrogen and oxygen atoms in total. The quantitative estimate of drug-likeness (QED) is 0.758. The fourth-order valence-electron chi connectivity index (χ4n) is 1.81. The molecule has 0 aliphatic rings. The van der Waals surface area contributed by atoms with Gasteiger partial charge in [-0.3, -0.25) is 4.79 Å². The van der Waals surface area contributed by atoms with Crippen molar-refractivity contribution in [2.75, 3.05) is 0 Å². The largest absolute Gasteiger partial charge is 0.456 e. The van der Waals surface area contributed by atoms with Crippen LogP contribution in [0.25, 0.3) is 0 Å². The number of carbonyl (C=O) groups excluding carboxylic acids is 1. The van der Waals surface area contributed by atoms with Crippen LogP contribution in [0.4, 0.5) is 4.39 Å². The zero-order valence-corrected chi connectivity index (χ0v) is 12.1. The second kappa shape index (κ2) is 5.53. The molecular formula is C15H12BrFO2. The zero-order chi connectivity index (χ0) is 14.0. The molecule has 4 heteroatoms. The van der Waals surface area contributed by atoms with Crippen LogP contribution in [-0.4, -0.2) is 6.29 Å². The lowest BCUT2D eigenvalue weighted by atomic mass is 10.1. The number of hydrogen-bond acceptors (Lipinski definition) is 2. The lowest BCUT2D eigenvalue weighted by Crippen LogP contribution is -1.95. The van der Waals surface area contributed by atoms with Crippen LogP contribution >= 0.6 is 15.9 Å². The summed E-state index contributed by atoms with van der Waals surface area (Å²) in [4.78, 5) is 10.9. The van der Waals surface area contributed by atoms with Gasteiger partial charge in [0.2, 0.25) is 0 Å². The highest BCUT2D eigenvalue weighted by Crippen LogP contribution is 2.31. The van der Waals surface area contributed by atoms with Gasteiger partial charge in [-0.15, -0.1) is 0 Å². The third kappa shape index (κ3) is 2.84. The van der Waals surface area contributed by atoms with E-state index in [4.69, 9.17) is 4.74 Å². The zero-order valence-electron chi connectivity index (χ0n) is 10.5. The van der Waals surface area contributed by atoms with Gasteiger partial charge in [0.25, 0.3) is 0 Å². The average Bonchev–Trinajstić information content (AvgIpc) is 2.36. The Labute approximate surface area is 119 Å². The van der Waals surface area contributed by atoms with Gasteiger partial charge in [0, 0.05) is 4.47 Å². The fraction of sp³-hybridized carbons (Fsp3) is 0.133. The molecule has 0 bridgehead atoms. The number of aryl methyl sites for hydroxylation is 2. The Morgan fingerprint density at radius 1 is 1.21 bits per heavy atom. The predicted octanol–water partition coefficient (Wildman–Crippen LogP) is 4.81. The van der Waals surface area contributed by atoms with E-state index in [1.165, 1.54) is 12.1 Å². The molecule has 19 heavy (non-hydrogen) atoms. The van der Waals surface area contributed by atoms with Crippen LogP contribution in [0.1, 0.15) is 21.5 Å². The minimum Gasteiger partial charge on any atom is -0.456 e. The molecule has 0 aliphatic heterocycles. The lowest BCUT2D eigenvalue weighted by Gasteiger charge is -2.11. The molecule has 0 radical (unpaired) electrons. The first-order valence-corrected chi connectivity index (χ1v) is 6.50. The lowest BCUT2D eigenvalue weighted by molar-refractivity contribution is 0.111. The first-order chi connectivity index (χ1) is 9.02. The van der Waals surface area contributed by atoms with Gasteiger partial charge in [0.1, 0.15) is 17.3 Å². The molecule has 0 saturated heterocycles. The molecule has 0 saturated carbocycles. The summed E-state index contributed by atoms with van der Waals surface area (Å²) in [5.74, 6) is 0.209. The van der Waals surface area contributed by atoms with Crippen LogP contribution in [0.3, 0.4) is 0 Å². The van der Waals surface area contributed by atoms with Crippen LogP contribution in [0.5, 0.6) is 11.5 Å². The molecule has 2 aromatic rings. The summed E-state index contributed by atoms with van der Waals surface area (Å²) in [5.41, 5.74) is 1.96. The Bertz CT molecular complexity index is 615. The highest BCUT2D eigenvalue weighted by atomic mass is 79.9. The van der Waals surface area contributed by atoms with Gasteiger partial charge in [0.05, 0.1) is 5.56 Å². The van der Waals surface area contributed by atoms with Gasteiger partial charge >= 0.3 is 0 Å². The average molecular weight is 323 g/mol. The summed E-state index contributed by atoms with van der Waals surface area (Å²) < 4.78 is 20.1. The first-order valence-electron chi connectivity index (χ1n) is 5.71. The number of benzene rings is 2. The highest BCUT2D eigenvalue weighted by Gasteiger charge is 2.10. The van der Waals surface area contributed by atoms with E-state index >= 15 is 0 Å². The summed E-state index contributed by atoms with van der Waals surface area (Å²) in [6.45, 7) is 3.88. The molecule has 0 N–H and O–H groups in total. The van der Waals surface area contributed by atoms with Crippen LogP contribution in [0, 0.1) is 19.7 Å². The van der Waals surface area contributed by atoms with Gasteiger partial charge in [-0.2, -0.15) is 0 Å². The minimum absolute atomic E-state index is 0.0688. The van der Waals surface area contributed by atoms with Crippen molar-refractivity contribution in [2.24, 2.45) is 0 Å². The molecule has 0 amide bonds. The van der Waals surface area contributed by atoms with E-state index in [1.54, 1.807) is 6.07 Å². The van der Waals surface area contributed by atoms with Crippen molar-refractivity contribution < 1.29 is 13.9 Å². The number of halogens is 2. The third-order valence-corrected chi connectivity index (χ3v) is 4.02. The van der Waals surface area contributed by atoms with E-state index in [0.717, 1.165) is 15.6 Å². The molecule has 0 heterocycles. The SMILES string of the molecule is Cc1cc(Oc2cccc(F)c2C=O)cc(C)c1Br. The van der Waals surface area contributed by atoms with Gasteiger partial charge in [0.15, 0.2) is 6.29 Å². The predicted molar refractivity (Wildman–Crippen MR) is 75.5 cm³/mol. The monoisotopic (exact) mass is 322 g/mol. The van der Waals surface area contributed by atoms with Crippen LogP contribution in [0.15, 0.2) is 34.8 Å². The Balaban J connectivity index is 2.42. The number of aldehydes is 1. The molecule has 2 aromatic carbocycles. The van der Waals surface area contributed by atoms with Crippen molar-refractivity contribution in [2.45, 2.75) is 13.8 Å². The maximum Gasteiger partial charge on any atom is 0.156 e. The Kier molecular flexibility index (Phi) is 4.00. The maximum atomic E-state index is 13.5. The summed E-state index contributed by atoms with van der Waals surface area (Å²) in [5, 5.41) is 0.